The van der Waals surface area contributed by atoms with Crippen molar-refractivity contribution in [2.75, 3.05) is 0 Å². The van der Waals surface area contributed by atoms with E-state index in [0.717, 1.165) is 0 Å². The van der Waals surface area contributed by atoms with Crippen molar-refractivity contribution in [2.24, 2.45) is 0 Å². The minimum atomic E-state index is -1.61. The Morgan fingerprint density at radius 2 is 0.833 bits per heavy atom. The highest BCUT2D eigenvalue weighted by Gasteiger charge is 2.11. The van der Waals surface area contributed by atoms with Gasteiger partial charge in [-0.05, 0) is 0 Å². The monoisotopic (exact) mass is 286 g/mol. The van der Waals surface area contributed by atoms with E-state index in [1.54, 1.807) is 0 Å². The fraction of sp³-hybridized carbons (Fsp3) is 0.500. The van der Waals surface area contributed by atoms with Gasteiger partial charge in [0, 0.05) is 0 Å². The number of carbonyl (C=O) groups excluding carboxylic acids is 2. The zero-order chi connectivity index (χ0) is 7.21. The maximum absolute atomic E-state index is 8.12. The van der Waals surface area contributed by atoms with Crippen molar-refractivity contribution in [2.45, 2.75) is 3.25 Å². The highest BCUT2D eigenvalue weighted by atomic mass is 35.6. The van der Waals surface area contributed by atoms with Crippen LogP contribution in [0.15, 0.2) is 0 Å². The first kappa shape index (κ1) is 38.7. The molecule has 0 amide bonds. The SMILES string of the molecule is Cl.ClC(Cl)(Cl)Cl.O.O.O.O=C=O. The van der Waals surface area contributed by atoms with Crippen molar-refractivity contribution < 1.29 is 26.0 Å². The molecule has 0 atom stereocenters. The first-order valence-corrected chi connectivity index (χ1v) is 2.68. The summed E-state index contributed by atoms with van der Waals surface area (Å²) < 4.78 is -1.61. The molecule has 0 saturated carbocycles. The van der Waals surface area contributed by atoms with Gasteiger partial charge in [0.25, 0.3) is 3.25 Å². The van der Waals surface area contributed by atoms with Crippen molar-refractivity contribution in [3.63, 3.8) is 0 Å². The van der Waals surface area contributed by atoms with Crippen molar-refractivity contribution >= 4 is 65.0 Å². The summed E-state index contributed by atoms with van der Waals surface area (Å²) in [5.41, 5.74) is 0. The third-order valence-electron chi connectivity index (χ3n) is 0. The second-order valence-corrected chi connectivity index (χ2v) is 3.94. The van der Waals surface area contributed by atoms with Gasteiger partial charge < -0.3 is 16.4 Å². The molecule has 6 N–H and O–H groups in total. The summed E-state index contributed by atoms with van der Waals surface area (Å²) in [4.78, 5) is 16.2. The van der Waals surface area contributed by atoms with Crippen LogP contribution >= 0.6 is 58.8 Å². The van der Waals surface area contributed by atoms with Gasteiger partial charge in [-0.1, -0.05) is 46.4 Å². The fourth-order valence-corrected chi connectivity index (χ4v) is 0. The predicted molar refractivity (Wildman–Crippen MR) is 49.2 cm³/mol. The molecular weight excluding hydrogens is 281 g/mol. The molecule has 0 rings (SSSR count). The van der Waals surface area contributed by atoms with Crippen LogP contribution in [0.1, 0.15) is 0 Å². The Labute approximate surface area is 94.2 Å². The normalized spacial score (nSPS) is 5.67. The molecule has 0 aliphatic rings. The van der Waals surface area contributed by atoms with E-state index in [2.05, 4.69) is 0 Å². The molecule has 0 aromatic carbocycles. The van der Waals surface area contributed by atoms with Crippen LogP contribution in [0.4, 0.5) is 0 Å². The van der Waals surface area contributed by atoms with Crippen LogP contribution in [0.3, 0.4) is 0 Å². The summed E-state index contributed by atoms with van der Waals surface area (Å²) in [7, 11) is 0. The zero-order valence-electron chi connectivity index (χ0n) is 5.24. The second kappa shape index (κ2) is 22.6. The van der Waals surface area contributed by atoms with Gasteiger partial charge in [0.15, 0.2) is 0 Å². The standard InChI is InChI=1S/CCl4.CO2.ClH.3H2O/c2-1(3,4)5;2-1-3;;;;/h;;1H;3*1H2. The van der Waals surface area contributed by atoms with Crippen molar-refractivity contribution in [1.29, 1.82) is 0 Å². The van der Waals surface area contributed by atoms with Gasteiger partial charge in [-0.25, -0.2) is 0 Å². The number of halogens is 5. The number of hydrogen-bond acceptors (Lipinski definition) is 2. The molecule has 0 fully saturated rings. The van der Waals surface area contributed by atoms with Crippen LogP contribution in [0.2, 0.25) is 0 Å². The largest absolute Gasteiger partial charge is 0.412 e. The maximum atomic E-state index is 8.12. The second-order valence-electron chi connectivity index (χ2n) is 0.512. The molecular formula is C2H7Cl5O5. The maximum Gasteiger partial charge on any atom is 0.373 e. The van der Waals surface area contributed by atoms with Crippen LogP contribution in [0, 0.1) is 0 Å². The van der Waals surface area contributed by atoms with E-state index in [1.807, 2.05) is 0 Å². The summed E-state index contributed by atoms with van der Waals surface area (Å²) in [5, 5.41) is 0. The molecule has 0 unspecified atom stereocenters. The lowest BCUT2D eigenvalue weighted by molar-refractivity contribution is -0.191. The van der Waals surface area contributed by atoms with Crippen LogP contribution in [-0.4, -0.2) is 25.8 Å². The molecule has 0 radical (unpaired) electrons. The van der Waals surface area contributed by atoms with Crippen LogP contribution in [0.25, 0.3) is 0 Å². The van der Waals surface area contributed by atoms with E-state index in [9.17, 15) is 0 Å². The van der Waals surface area contributed by atoms with Crippen molar-refractivity contribution in [3.05, 3.63) is 0 Å². The van der Waals surface area contributed by atoms with Gasteiger partial charge in [0.1, 0.15) is 0 Å². The average molecular weight is 288 g/mol. The minimum Gasteiger partial charge on any atom is -0.412 e. The van der Waals surface area contributed by atoms with E-state index in [-0.39, 0.29) is 35.0 Å². The molecule has 0 bridgehead atoms. The number of rotatable bonds is 0. The van der Waals surface area contributed by atoms with Crippen LogP contribution in [0.5, 0.6) is 0 Å². The van der Waals surface area contributed by atoms with E-state index in [1.165, 1.54) is 0 Å². The lowest BCUT2D eigenvalue weighted by atomic mass is 11.8. The highest BCUT2D eigenvalue weighted by molar-refractivity contribution is 6.83. The molecule has 12 heavy (non-hydrogen) atoms. The van der Waals surface area contributed by atoms with Crippen LogP contribution in [-0.2, 0) is 9.59 Å². The lowest BCUT2D eigenvalue weighted by Crippen LogP contribution is -1.81. The first-order valence-electron chi connectivity index (χ1n) is 1.16. The Morgan fingerprint density at radius 1 is 0.833 bits per heavy atom. The summed E-state index contributed by atoms with van der Waals surface area (Å²) in [6.45, 7) is 0. The molecule has 0 aliphatic carbocycles. The Morgan fingerprint density at radius 3 is 0.833 bits per heavy atom. The predicted octanol–water partition coefficient (Wildman–Crippen LogP) is -0.0829. The van der Waals surface area contributed by atoms with Gasteiger partial charge in [-0.15, -0.1) is 12.4 Å². The molecule has 10 heteroatoms. The molecule has 0 aliphatic heterocycles. The smallest absolute Gasteiger partial charge is 0.373 e. The molecule has 0 aromatic heterocycles. The Balaban J connectivity index is -0.0000000119. The summed E-state index contributed by atoms with van der Waals surface area (Å²) in [5.74, 6) is 0. The number of alkyl halides is 4. The third kappa shape index (κ3) is 2000. The molecule has 0 heterocycles. The zero-order valence-corrected chi connectivity index (χ0v) is 9.08. The minimum absolute atomic E-state index is 0. The van der Waals surface area contributed by atoms with Crippen molar-refractivity contribution in [3.8, 4) is 0 Å². The van der Waals surface area contributed by atoms with E-state index < -0.39 is 3.25 Å². The summed E-state index contributed by atoms with van der Waals surface area (Å²) in [6.07, 6.45) is 0.250. The molecule has 80 valence electrons. The Kier molecular flexibility index (Phi) is 72.9. The molecule has 0 spiro atoms. The van der Waals surface area contributed by atoms with Gasteiger partial charge in [-0.3, -0.25) is 0 Å². The van der Waals surface area contributed by atoms with Crippen molar-refractivity contribution in [1.82, 2.24) is 0 Å². The summed E-state index contributed by atoms with van der Waals surface area (Å²) in [6, 6.07) is 0. The van der Waals surface area contributed by atoms with E-state index in [0.29, 0.717) is 0 Å². The fourth-order valence-electron chi connectivity index (χ4n) is 0. The lowest BCUT2D eigenvalue weighted by Gasteiger charge is -1.91. The van der Waals surface area contributed by atoms with Crippen LogP contribution < -0.4 is 0 Å². The van der Waals surface area contributed by atoms with Gasteiger partial charge in [-0.2, -0.15) is 9.59 Å². The quantitative estimate of drug-likeness (QED) is 0.577. The first-order chi connectivity index (χ1) is 3.41. The van der Waals surface area contributed by atoms with E-state index in [4.69, 9.17) is 56.0 Å². The van der Waals surface area contributed by atoms with Gasteiger partial charge in [0.2, 0.25) is 0 Å². The van der Waals surface area contributed by atoms with E-state index >= 15 is 0 Å². The topological polar surface area (TPSA) is 129 Å². The summed E-state index contributed by atoms with van der Waals surface area (Å²) >= 11 is 19.3. The average Bonchev–Trinajstić information content (AvgIpc) is 1.27. The van der Waals surface area contributed by atoms with Gasteiger partial charge in [0.05, 0.1) is 0 Å². The molecule has 0 saturated heterocycles. The number of hydrogen-bond donors (Lipinski definition) is 0. The van der Waals surface area contributed by atoms with Gasteiger partial charge >= 0.3 is 6.15 Å². The third-order valence-corrected chi connectivity index (χ3v) is 0. The Bertz CT molecular complexity index is 78.3. The molecule has 0 aromatic rings. The molecule has 5 nitrogen and oxygen atoms in total. The highest BCUT2D eigenvalue weighted by Crippen LogP contribution is 2.29. The Hall–Kier alpha value is 0.710.